The lowest BCUT2D eigenvalue weighted by atomic mass is 10.2. The molecule has 21 heavy (non-hydrogen) atoms. The van der Waals surface area contributed by atoms with E-state index in [0.29, 0.717) is 11.4 Å². The van der Waals surface area contributed by atoms with Crippen LogP contribution in [0.2, 0.25) is 0 Å². The molecule has 1 heterocycles. The maximum absolute atomic E-state index is 12.0. The number of nitrogens with zero attached hydrogens (tertiary/aromatic N) is 1. The standard InChI is InChI=1S/C14H17N3O3S/c1-3-4-11-9-13(17-16-11)15-14(18)10-5-7-12(8-6-10)21(2,19)20/h5-9H,3-4H2,1-2H3,(H2,15,16,17,18). The van der Waals surface area contributed by atoms with Gasteiger partial charge in [-0.15, -0.1) is 0 Å². The third-order valence-electron chi connectivity index (χ3n) is 2.94. The van der Waals surface area contributed by atoms with Crippen molar-refractivity contribution in [2.75, 3.05) is 11.6 Å². The summed E-state index contributed by atoms with van der Waals surface area (Å²) in [6.07, 6.45) is 2.98. The van der Waals surface area contributed by atoms with Crippen LogP contribution < -0.4 is 5.32 Å². The van der Waals surface area contributed by atoms with Crippen LogP contribution in [-0.4, -0.2) is 30.8 Å². The minimum Gasteiger partial charge on any atom is -0.305 e. The predicted molar refractivity (Wildman–Crippen MR) is 80.1 cm³/mol. The number of aromatic nitrogens is 2. The number of aromatic amines is 1. The highest BCUT2D eigenvalue weighted by atomic mass is 32.2. The van der Waals surface area contributed by atoms with Crippen LogP contribution in [0.1, 0.15) is 29.4 Å². The fourth-order valence-corrected chi connectivity index (χ4v) is 2.50. The number of amides is 1. The summed E-state index contributed by atoms with van der Waals surface area (Å²) in [5.41, 5.74) is 1.34. The quantitative estimate of drug-likeness (QED) is 0.884. The summed E-state index contributed by atoms with van der Waals surface area (Å²) >= 11 is 0. The van der Waals surface area contributed by atoms with E-state index in [-0.39, 0.29) is 10.8 Å². The average molecular weight is 307 g/mol. The van der Waals surface area contributed by atoms with Gasteiger partial charge in [0.25, 0.3) is 5.91 Å². The fourth-order valence-electron chi connectivity index (χ4n) is 1.87. The molecule has 1 amide bonds. The van der Waals surface area contributed by atoms with E-state index in [1.54, 1.807) is 6.07 Å². The van der Waals surface area contributed by atoms with Gasteiger partial charge in [-0.2, -0.15) is 5.10 Å². The van der Waals surface area contributed by atoms with Gasteiger partial charge in [0.05, 0.1) is 4.90 Å². The monoisotopic (exact) mass is 307 g/mol. The Hall–Kier alpha value is -2.15. The van der Waals surface area contributed by atoms with Crippen molar-refractivity contribution in [2.24, 2.45) is 0 Å². The van der Waals surface area contributed by atoms with E-state index in [9.17, 15) is 13.2 Å². The number of H-pyrrole nitrogens is 1. The van der Waals surface area contributed by atoms with Crippen LogP contribution in [0.4, 0.5) is 5.82 Å². The van der Waals surface area contributed by atoms with Crippen molar-refractivity contribution in [1.29, 1.82) is 0 Å². The van der Waals surface area contributed by atoms with Crippen LogP contribution in [0.25, 0.3) is 0 Å². The van der Waals surface area contributed by atoms with E-state index < -0.39 is 9.84 Å². The van der Waals surface area contributed by atoms with Crippen molar-refractivity contribution in [3.05, 3.63) is 41.6 Å². The number of carbonyl (C=O) groups is 1. The number of benzene rings is 1. The van der Waals surface area contributed by atoms with Crippen molar-refractivity contribution in [3.8, 4) is 0 Å². The summed E-state index contributed by atoms with van der Waals surface area (Å²) < 4.78 is 22.7. The van der Waals surface area contributed by atoms with Crippen molar-refractivity contribution in [3.63, 3.8) is 0 Å². The van der Waals surface area contributed by atoms with Crippen LogP contribution in [0.5, 0.6) is 0 Å². The second kappa shape index (κ2) is 6.09. The number of carbonyl (C=O) groups excluding carboxylic acids is 1. The van der Waals surface area contributed by atoms with E-state index in [0.717, 1.165) is 24.8 Å². The van der Waals surface area contributed by atoms with E-state index in [1.807, 2.05) is 0 Å². The number of sulfone groups is 1. The molecule has 0 spiro atoms. The molecule has 0 bridgehead atoms. The van der Waals surface area contributed by atoms with Gasteiger partial charge in [0.15, 0.2) is 15.7 Å². The summed E-state index contributed by atoms with van der Waals surface area (Å²) in [6.45, 7) is 2.06. The average Bonchev–Trinajstić information content (AvgIpc) is 2.86. The largest absolute Gasteiger partial charge is 0.305 e. The second-order valence-electron chi connectivity index (χ2n) is 4.78. The summed E-state index contributed by atoms with van der Waals surface area (Å²) in [5.74, 6) is 0.125. The minimum atomic E-state index is -3.26. The highest BCUT2D eigenvalue weighted by Crippen LogP contribution is 2.13. The number of anilines is 1. The molecular weight excluding hydrogens is 290 g/mol. The predicted octanol–water partition coefficient (Wildman–Crippen LogP) is 2.02. The highest BCUT2D eigenvalue weighted by molar-refractivity contribution is 7.90. The Morgan fingerprint density at radius 3 is 2.52 bits per heavy atom. The van der Waals surface area contributed by atoms with Gasteiger partial charge in [0.1, 0.15) is 0 Å². The lowest BCUT2D eigenvalue weighted by Crippen LogP contribution is -2.12. The zero-order chi connectivity index (χ0) is 15.5. The maximum atomic E-state index is 12.0. The van der Waals surface area contributed by atoms with Crippen LogP contribution in [0, 0.1) is 0 Å². The Balaban J connectivity index is 2.09. The molecule has 2 aromatic rings. The Bertz CT molecular complexity index is 733. The number of aryl methyl sites for hydroxylation is 1. The summed E-state index contributed by atoms with van der Waals surface area (Å²) in [5, 5.41) is 9.52. The highest BCUT2D eigenvalue weighted by Gasteiger charge is 2.11. The van der Waals surface area contributed by atoms with Crippen LogP contribution in [0.3, 0.4) is 0 Å². The summed E-state index contributed by atoms with van der Waals surface area (Å²) in [6, 6.07) is 7.57. The van der Waals surface area contributed by atoms with Gasteiger partial charge in [-0.05, 0) is 30.7 Å². The number of hydrogen-bond acceptors (Lipinski definition) is 4. The van der Waals surface area contributed by atoms with Crippen molar-refractivity contribution >= 4 is 21.6 Å². The van der Waals surface area contributed by atoms with E-state index in [4.69, 9.17) is 0 Å². The van der Waals surface area contributed by atoms with E-state index in [1.165, 1.54) is 24.3 Å². The molecule has 0 saturated carbocycles. The van der Waals surface area contributed by atoms with E-state index in [2.05, 4.69) is 22.4 Å². The number of nitrogens with one attached hydrogen (secondary N) is 2. The smallest absolute Gasteiger partial charge is 0.256 e. The van der Waals surface area contributed by atoms with Crippen molar-refractivity contribution in [1.82, 2.24) is 10.2 Å². The number of rotatable bonds is 5. The van der Waals surface area contributed by atoms with Gasteiger partial charge in [-0.3, -0.25) is 9.89 Å². The first-order chi connectivity index (χ1) is 9.90. The van der Waals surface area contributed by atoms with Crippen molar-refractivity contribution < 1.29 is 13.2 Å². The second-order valence-corrected chi connectivity index (χ2v) is 6.79. The Morgan fingerprint density at radius 2 is 1.95 bits per heavy atom. The molecular formula is C14H17N3O3S. The first-order valence-corrected chi connectivity index (χ1v) is 8.45. The van der Waals surface area contributed by atoms with Gasteiger partial charge in [-0.1, -0.05) is 13.3 Å². The Labute approximate surface area is 123 Å². The molecule has 2 rings (SSSR count). The minimum absolute atomic E-state index is 0.184. The zero-order valence-electron chi connectivity index (χ0n) is 11.9. The lowest BCUT2D eigenvalue weighted by molar-refractivity contribution is 0.102. The van der Waals surface area contributed by atoms with E-state index >= 15 is 0 Å². The topological polar surface area (TPSA) is 91.9 Å². The zero-order valence-corrected chi connectivity index (χ0v) is 12.7. The molecule has 0 aliphatic heterocycles. The maximum Gasteiger partial charge on any atom is 0.256 e. The summed E-state index contributed by atoms with van der Waals surface area (Å²) in [7, 11) is -3.26. The van der Waals surface area contributed by atoms with Crippen LogP contribution >= 0.6 is 0 Å². The van der Waals surface area contributed by atoms with Gasteiger partial charge < -0.3 is 5.32 Å². The van der Waals surface area contributed by atoms with Gasteiger partial charge in [0, 0.05) is 23.6 Å². The Kier molecular flexibility index (Phi) is 4.42. The molecule has 6 nitrogen and oxygen atoms in total. The molecule has 0 atom stereocenters. The molecule has 0 unspecified atom stereocenters. The molecule has 112 valence electrons. The molecule has 1 aromatic heterocycles. The molecule has 1 aromatic carbocycles. The molecule has 0 saturated heterocycles. The molecule has 7 heteroatoms. The lowest BCUT2D eigenvalue weighted by Gasteiger charge is -2.03. The molecule has 0 radical (unpaired) electrons. The SMILES string of the molecule is CCCc1cc(NC(=O)c2ccc(S(C)(=O)=O)cc2)n[nH]1. The van der Waals surface area contributed by atoms with Crippen LogP contribution in [0.15, 0.2) is 35.2 Å². The molecule has 0 aliphatic carbocycles. The summed E-state index contributed by atoms with van der Waals surface area (Å²) in [4.78, 5) is 12.2. The fraction of sp³-hybridized carbons (Fsp3) is 0.286. The molecule has 2 N–H and O–H groups in total. The first kappa shape index (κ1) is 15.2. The normalized spacial score (nSPS) is 11.3. The third kappa shape index (κ3) is 3.91. The Morgan fingerprint density at radius 1 is 1.29 bits per heavy atom. The first-order valence-electron chi connectivity index (χ1n) is 6.56. The van der Waals surface area contributed by atoms with Gasteiger partial charge in [0.2, 0.25) is 0 Å². The molecule has 0 aliphatic rings. The van der Waals surface area contributed by atoms with Gasteiger partial charge >= 0.3 is 0 Å². The van der Waals surface area contributed by atoms with Crippen LogP contribution in [-0.2, 0) is 16.3 Å². The van der Waals surface area contributed by atoms with Crippen molar-refractivity contribution in [2.45, 2.75) is 24.7 Å². The van der Waals surface area contributed by atoms with Gasteiger partial charge in [-0.25, -0.2) is 8.42 Å². The number of hydrogen-bond donors (Lipinski definition) is 2. The molecule has 0 fully saturated rings. The third-order valence-corrected chi connectivity index (χ3v) is 4.06.